The van der Waals surface area contributed by atoms with Crippen LogP contribution in [0.5, 0.6) is 0 Å². The van der Waals surface area contributed by atoms with E-state index in [0.29, 0.717) is 22.5 Å². The number of nitrogens with zero attached hydrogens (tertiary/aromatic N) is 2. The molecule has 3 aromatic rings. The smallest absolute Gasteiger partial charge is 0.304 e. The largest absolute Gasteiger partial charge is 0.481 e. The van der Waals surface area contributed by atoms with Crippen molar-refractivity contribution in [1.29, 1.82) is 0 Å². The molecule has 0 fully saturated rings. The average Bonchev–Trinajstić information content (AvgIpc) is 2.77. The number of carboxylic acid groups (broad SMARTS) is 1. The molecule has 0 radical (unpaired) electrons. The first kappa shape index (κ1) is 16.8. The minimum Gasteiger partial charge on any atom is -0.481 e. The highest BCUT2D eigenvalue weighted by Gasteiger charge is 2.36. The van der Waals surface area contributed by atoms with Gasteiger partial charge >= 0.3 is 11.8 Å². The lowest BCUT2D eigenvalue weighted by atomic mass is 9.95. The number of imidazole rings is 1. The molecule has 7 nitrogen and oxygen atoms in total. The Morgan fingerprint density at radius 3 is 2.60 bits per heavy atom. The van der Waals surface area contributed by atoms with E-state index in [0.717, 1.165) is 10.4 Å². The molecule has 25 heavy (non-hydrogen) atoms. The molecule has 1 atom stereocenters. The molecule has 2 N–H and O–H groups in total. The second-order valence-electron chi connectivity index (χ2n) is 6.07. The zero-order valence-electron chi connectivity index (χ0n) is 14.2. The topological polar surface area (TPSA) is 96.5 Å². The van der Waals surface area contributed by atoms with Gasteiger partial charge in [-0.15, -0.1) is 0 Å². The van der Waals surface area contributed by atoms with Gasteiger partial charge in [-0.05, 0) is 16.9 Å². The van der Waals surface area contributed by atoms with Gasteiger partial charge in [-0.2, -0.15) is 0 Å². The van der Waals surface area contributed by atoms with Gasteiger partial charge in [0.15, 0.2) is 11.1 Å². The summed E-state index contributed by atoms with van der Waals surface area (Å²) in [4.78, 5) is 24.3. The van der Waals surface area contributed by atoms with Crippen LogP contribution in [0.25, 0.3) is 11.0 Å². The van der Waals surface area contributed by atoms with E-state index in [2.05, 4.69) is 0 Å². The molecule has 7 heteroatoms. The molecule has 0 aliphatic rings. The first-order valence-electron chi connectivity index (χ1n) is 7.82. The van der Waals surface area contributed by atoms with Gasteiger partial charge in [0.2, 0.25) is 0 Å². The lowest BCUT2D eigenvalue weighted by molar-refractivity contribution is -0.686. The number of hydrogen-bond donors (Lipinski definition) is 2. The number of aliphatic carboxylic acids is 1. The van der Waals surface area contributed by atoms with Gasteiger partial charge < -0.3 is 14.7 Å². The Labute approximate surface area is 143 Å². The highest BCUT2D eigenvalue weighted by molar-refractivity contribution is 5.77. The number of fused-ring (bicyclic) bond motifs is 1. The Morgan fingerprint density at radius 1 is 1.32 bits per heavy atom. The SMILES string of the molecule is Cc1c(C)[n+](C)c(C(CC(=O)O)c2coc3ccccc3c2=O)n1O. The Hall–Kier alpha value is -3.09. The molecule has 0 spiro atoms. The normalized spacial score (nSPS) is 12.4. The third-order valence-corrected chi connectivity index (χ3v) is 4.68. The predicted molar refractivity (Wildman–Crippen MR) is 88.8 cm³/mol. The number of carbonyl (C=O) groups is 1. The predicted octanol–water partition coefficient (Wildman–Crippen LogP) is 1.88. The van der Waals surface area contributed by atoms with Crippen LogP contribution in [0.3, 0.4) is 0 Å². The van der Waals surface area contributed by atoms with Crippen LogP contribution in [-0.2, 0) is 11.8 Å². The van der Waals surface area contributed by atoms with Crippen molar-refractivity contribution in [3.05, 3.63) is 63.5 Å². The van der Waals surface area contributed by atoms with Crippen molar-refractivity contribution in [2.24, 2.45) is 7.05 Å². The summed E-state index contributed by atoms with van der Waals surface area (Å²) in [6, 6.07) is 6.79. The highest BCUT2D eigenvalue weighted by Crippen LogP contribution is 2.27. The summed E-state index contributed by atoms with van der Waals surface area (Å²) in [6.07, 6.45) is 0.941. The first-order valence-corrected chi connectivity index (χ1v) is 7.82. The Morgan fingerprint density at radius 2 is 2.00 bits per heavy atom. The van der Waals surface area contributed by atoms with E-state index in [1.54, 1.807) is 42.8 Å². The van der Waals surface area contributed by atoms with Crippen LogP contribution < -0.4 is 10.00 Å². The van der Waals surface area contributed by atoms with E-state index < -0.39 is 11.9 Å². The van der Waals surface area contributed by atoms with E-state index in [1.165, 1.54) is 6.26 Å². The lowest BCUT2D eigenvalue weighted by Gasteiger charge is -2.11. The number of benzene rings is 1. The molecule has 0 aliphatic heterocycles. The van der Waals surface area contributed by atoms with Crippen molar-refractivity contribution in [1.82, 2.24) is 4.73 Å². The number of para-hydroxylation sites is 1. The minimum absolute atomic E-state index is 0.199. The Bertz CT molecular complexity index is 1010. The van der Waals surface area contributed by atoms with Crippen molar-refractivity contribution in [2.45, 2.75) is 26.2 Å². The summed E-state index contributed by atoms with van der Waals surface area (Å²) in [6.45, 7) is 3.53. The van der Waals surface area contributed by atoms with Gasteiger partial charge in [-0.1, -0.05) is 12.1 Å². The zero-order chi connectivity index (χ0) is 18.3. The molecule has 1 aromatic carbocycles. The molecule has 130 valence electrons. The summed E-state index contributed by atoms with van der Waals surface area (Å²) in [7, 11) is 1.72. The fraction of sp³-hybridized carbons (Fsp3) is 0.278. The zero-order valence-corrected chi connectivity index (χ0v) is 14.2. The van der Waals surface area contributed by atoms with Gasteiger partial charge in [0.05, 0.1) is 30.7 Å². The second kappa shape index (κ2) is 6.08. The standard InChI is InChI=1S/C18H18N2O5/c1-10-11(2)20(24)18(19(10)3)13(8-16(21)22)14-9-25-15-7-5-4-6-12(15)17(14)23/h4-7,9,13H,8H2,1-3H3,(H-,21,22,24)/p+1. The van der Waals surface area contributed by atoms with Crippen LogP contribution in [0.2, 0.25) is 0 Å². The van der Waals surface area contributed by atoms with E-state index in [1.807, 2.05) is 6.92 Å². The second-order valence-corrected chi connectivity index (χ2v) is 6.07. The third kappa shape index (κ3) is 2.67. The lowest BCUT2D eigenvalue weighted by Crippen LogP contribution is -2.38. The molecule has 3 rings (SSSR count). The maximum atomic E-state index is 12.9. The fourth-order valence-electron chi connectivity index (χ4n) is 3.11. The van der Waals surface area contributed by atoms with E-state index in [-0.39, 0.29) is 17.4 Å². The van der Waals surface area contributed by atoms with Crippen molar-refractivity contribution in [3.8, 4) is 0 Å². The van der Waals surface area contributed by atoms with Crippen LogP contribution in [0.1, 0.15) is 35.1 Å². The van der Waals surface area contributed by atoms with Crippen molar-refractivity contribution < 1.29 is 24.1 Å². The summed E-state index contributed by atoms with van der Waals surface area (Å²) < 4.78 is 8.17. The van der Waals surface area contributed by atoms with Crippen LogP contribution in [0, 0.1) is 13.8 Å². The third-order valence-electron chi connectivity index (χ3n) is 4.68. The molecule has 0 aliphatic carbocycles. The van der Waals surface area contributed by atoms with Crippen LogP contribution >= 0.6 is 0 Å². The van der Waals surface area contributed by atoms with Crippen LogP contribution in [-0.4, -0.2) is 21.0 Å². The van der Waals surface area contributed by atoms with Crippen molar-refractivity contribution in [2.75, 3.05) is 0 Å². The van der Waals surface area contributed by atoms with Gasteiger partial charge in [-0.25, -0.2) is 4.57 Å². The molecule has 0 amide bonds. The fourth-order valence-corrected chi connectivity index (χ4v) is 3.11. The summed E-state index contributed by atoms with van der Waals surface area (Å²) in [5.74, 6) is -1.60. The maximum Gasteiger partial charge on any atom is 0.304 e. The molecule has 0 bridgehead atoms. The quantitative estimate of drug-likeness (QED) is 0.557. The molecule has 0 saturated heterocycles. The minimum atomic E-state index is -1.07. The number of aromatic nitrogens is 2. The number of hydrogen-bond acceptors (Lipinski definition) is 4. The van der Waals surface area contributed by atoms with E-state index >= 15 is 0 Å². The summed E-state index contributed by atoms with van der Waals surface area (Å²) >= 11 is 0. The molecular formula is C18H19N2O5+. The maximum absolute atomic E-state index is 12.9. The molecule has 0 saturated carbocycles. The Kier molecular flexibility index (Phi) is 4.08. The molecule has 2 heterocycles. The number of carboxylic acids is 1. The molecule has 1 unspecified atom stereocenters. The van der Waals surface area contributed by atoms with Crippen molar-refractivity contribution in [3.63, 3.8) is 0 Å². The van der Waals surface area contributed by atoms with E-state index in [9.17, 15) is 19.9 Å². The summed E-state index contributed by atoms with van der Waals surface area (Å²) in [5.41, 5.74) is 1.69. The molecule has 2 aromatic heterocycles. The van der Waals surface area contributed by atoms with Gasteiger partial charge in [0, 0.05) is 13.8 Å². The average molecular weight is 343 g/mol. The van der Waals surface area contributed by atoms with Crippen LogP contribution in [0.4, 0.5) is 0 Å². The number of rotatable bonds is 4. The van der Waals surface area contributed by atoms with Crippen LogP contribution in [0.15, 0.2) is 39.7 Å². The van der Waals surface area contributed by atoms with E-state index in [4.69, 9.17) is 4.42 Å². The van der Waals surface area contributed by atoms with Gasteiger partial charge in [-0.3, -0.25) is 9.59 Å². The highest BCUT2D eigenvalue weighted by atomic mass is 16.5. The van der Waals surface area contributed by atoms with Crippen molar-refractivity contribution >= 4 is 16.9 Å². The monoisotopic (exact) mass is 343 g/mol. The van der Waals surface area contributed by atoms with Gasteiger partial charge in [0.25, 0.3) is 0 Å². The Balaban J connectivity index is 2.29. The first-order chi connectivity index (χ1) is 11.8. The summed E-state index contributed by atoms with van der Waals surface area (Å²) in [5, 5.41) is 20.1. The van der Waals surface area contributed by atoms with Gasteiger partial charge in [0.1, 0.15) is 17.2 Å². The molecular weight excluding hydrogens is 324 g/mol.